The van der Waals surface area contributed by atoms with Gasteiger partial charge in [-0.25, -0.2) is 0 Å². The number of nitrogens with one attached hydrogen (secondary N) is 1. The number of aryl methyl sites for hydroxylation is 2. The quantitative estimate of drug-likeness (QED) is 0.407. The molecule has 4 rings (SSSR count). The summed E-state index contributed by atoms with van der Waals surface area (Å²) in [4.78, 5) is 31.2. The van der Waals surface area contributed by atoms with E-state index in [0.717, 1.165) is 27.7 Å². The topological polar surface area (TPSA) is 53.2 Å². The molecule has 0 radical (unpaired) electrons. The third-order valence-electron chi connectivity index (χ3n) is 6.20. The first kappa shape index (κ1) is 22.5. The summed E-state index contributed by atoms with van der Waals surface area (Å²) < 4.78 is 0. The maximum Gasteiger partial charge on any atom is 0.258 e. The number of carbonyl (C=O) groups is 1. The Kier molecular flexibility index (Phi) is 5.94. The fraction of sp³-hybridized carbons (Fsp3) is 0.241. The zero-order chi connectivity index (χ0) is 23.8. The summed E-state index contributed by atoms with van der Waals surface area (Å²) in [7, 11) is 0. The van der Waals surface area contributed by atoms with E-state index < -0.39 is 0 Å². The van der Waals surface area contributed by atoms with Crippen LogP contribution in [0, 0.1) is 13.8 Å². The van der Waals surface area contributed by atoms with Crippen molar-refractivity contribution in [1.29, 1.82) is 0 Å². The summed E-state index contributed by atoms with van der Waals surface area (Å²) >= 11 is 0. The van der Waals surface area contributed by atoms with Crippen LogP contribution in [0.3, 0.4) is 0 Å². The van der Waals surface area contributed by atoms with Crippen LogP contribution in [-0.4, -0.2) is 10.9 Å². The monoisotopic (exact) mass is 438 g/mol. The van der Waals surface area contributed by atoms with Crippen molar-refractivity contribution >= 4 is 22.5 Å². The minimum Gasteiger partial charge on any atom is -0.322 e. The van der Waals surface area contributed by atoms with E-state index in [4.69, 9.17) is 0 Å². The molecule has 4 nitrogen and oxygen atoms in total. The minimum atomic E-state index is -0.182. The van der Waals surface area contributed by atoms with Crippen LogP contribution < -0.4 is 10.5 Å². The van der Waals surface area contributed by atoms with E-state index in [1.54, 1.807) is 4.90 Å². The molecule has 0 unspecified atom stereocenters. The van der Waals surface area contributed by atoms with Gasteiger partial charge in [-0.2, -0.15) is 0 Å². The number of H-pyrrole nitrogens is 1. The molecule has 0 aliphatic heterocycles. The fourth-order valence-electron chi connectivity index (χ4n) is 3.92. The average molecular weight is 439 g/mol. The second-order valence-electron chi connectivity index (χ2n) is 9.70. The standard InChI is InChI=1S/C29H30N2O2/c1-19-10-15-25(16-20(19)2)31(28(33)21-11-13-24(14-12-21)29(3,4)5)18-23-17-22-8-6-7-9-26(22)30-27(23)32/h6-17H,18H2,1-5H3,(H,30,32). The first-order chi connectivity index (χ1) is 15.6. The van der Waals surface area contributed by atoms with Crippen LogP contribution in [0.1, 0.15) is 53.4 Å². The van der Waals surface area contributed by atoms with Crippen molar-refractivity contribution in [1.82, 2.24) is 4.98 Å². The minimum absolute atomic E-state index is 0.00766. The second kappa shape index (κ2) is 8.70. The molecule has 4 aromatic rings. The molecule has 0 aliphatic rings. The Morgan fingerprint density at radius 2 is 1.58 bits per heavy atom. The number of aromatic nitrogens is 1. The lowest BCUT2D eigenvalue weighted by Crippen LogP contribution is -2.33. The number of pyridine rings is 1. The summed E-state index contributed by atoms with van der Waals surface area (Å²) in [5.74, 6) is -0.133. The van der Waals surface area contributed by atoms with E-state index >= 15 is 0 Å². The Balaban J connectivity index is 1.77. The molecule has 3 aromatic carbocycles. The van der Waals surface area contributed by atoms with Crippen LogP contribution in [0.15, 0.2) is 77.6 Å². The smallest absolute Gasteiger partial charge is 0.258 e. The molecule has 0 atom stereocenters. The van der Waals surface area contributed by atoms with Crippen LogP contribution in [0.2, 0.25) is 0 Å². The molecular weight excluding hydrogens is 408 g/mol. The molecule has 168 valence electrons. The molecule has 1 aromatic heterocycles. The van der Waals surface area contributed by atoms with Crippen LogP contribution in [0.25, 0.3) is 10.9 Å². The van der Waals surface area contributed by atoms with Gasteiger partial charge in [-0.1, -0.05) is 57.2 Å². The molecule has 0 aliphatic carbocycles. The number of nitrogens with zero attached hydrogens (tertiary/aromatic N) is 1. The SMILES string of the molecule is Cc1ccc(N(Cc2cc3ccccc3[nH]c2=O)C(=O)c2ccc(C(C)(C)C)cc2)cc1C. The number of hydrogen-bond acceptors (Lipinski definition) is 2. The average Bonchev–Trinajstić information content (AvgIpc) is 2.78. The maximum atomic E-state index is 13.7. The van der Waals surface area contributed by atoms with E-state index in [2.05, 4.69) is 25.8 Å². The number of benzene rings is 3. The molecule has 0 bridgehead atoms. The molecular formula is C29H30N2O2. The highest BCUT2D eigenvalue weighted by molar-refractivity contribution is 6.06. The number of rotatable bonds is 4. The van der Waals surface area contributed by atoms with E-state index in [1.807, 2.05) is 86.6 Å². The first-order valence-corrected chi connectivity index (χ1v) is 11.2. The predicted molar refractivity (Wildman–Crippen MR) is 136 cm³/mol. The van der Waals surface area contributed by atoms with Gasteiger partial charge in [0.25, 0.3) is 11.5 Å². The normalized spacial score (nSPS) is 11.5. The Bertz CT molecular complexity index is 1380. The molecule has 1 amide bonds. The third-order valence-corrected chi connectivity index (χ3v) is 6.20. The van der Waals surface area contributed by atoms with E-state index in [0.29, 0.717) is 11.1 Å². The summed E-state index contributed by atoms with van der Waals surface area (Å²) in [6.07, 6.45) is 0. The highest BCUT2D eigenvalue weighted by Crippen LogP contribution is 2.26. The fourth-order valence-corrected chi connectivity index (χ4v) is 3.92. The Labute approximate surface area is 194 Å². The van der Waals surface area contributed by atoms with Crippen LogP contribution in [0.5, 0.6) is 0 Å². The number of amides is 1. The Morgan fingerprint density at radius 3 is 2.24 bits per heavy atom. The highest BCUT2D eigenvalue weighted by atomic mass is 16.2. The van der Waals surface area contributed by atoms with Gasteiger partial charge in [0, 0.05) is 22.3 Å². The van der Waals surface area contributed by atoms with Crippen LogP contribution in [-0.2, 0) is 12.0 Å². The van der Waals surface area contributed by atoms with Crippen LogP contribution in [0.4, 0.5) is 5.69 Å². The molecule has 0 spiro atoms. The van der Waals surface area contributed by atoms with Gasteiger partial charge in [0.2, 0.25) is 0 Å². The predicted octanol–water partition coefficient (Wildman–Crippen LogP) is 6.29. The van der Waals surface area contributed by atoms with E-state index in [1.165, 1.54) is 5.56 Å². The summed E-state index contributed by atoms with van der Waals surface area (Å²) in [6, 6.07) is 23.3. The first-order valence-electron chi connectivity index (χ1n) is 11.2. The van der Waals surface area contributed by atoms with Crippen molar-refractivity contribution in [2.75, 3.05) is 4.90 Å². The number of para-hydroxylation sites is 1. The molecule has 4 heteroatoms. The summed E-state index contributed by atoms with van der Waals surface area (Å²) in [6.45, 7) is 10.7. The van der Waals surface area contributed by atoms with Gasteiger partial charge in [-0.3, -0.25) is 9.59 Å². The Morgan fingerprint density at radius 1 is 0.879 bits per heavy atom. The lowest BCUT2D eigenvalue weighted by Gasteiger charge is -2.25. The lowest BCUT2D eigenvalue weighted by atomic mass is 9.86. The van der Waals surface area contributed by atoms with E-state index in [-0.39, 0.29) is 23.4 Å². The third kappa shape index (κ3) is 4.75. The summed E-state index contributed by atoms with van der Waals surface area (Å²) in [5, 5.41) is 0.939. The molecule has 0 saturated carbocycles. The summed E-state index contributed by atoms with van der Waals surface area (Å²) in [5.41, 5.74) is 5.95. The van der Waals surface area contributed by atoms with Gasteiger partial charge in [0.1, 0.15) is 0 Å². The van der Waals surface area contributed by atoms with Crippen LogP contribution >= 0.6 is 0 Å². The molecule has 0 saturated heterocycles. The molecule has 1 N–H and O–H groups in total. The van der Waals surface area contributed by atoms with Gasteiger partial charge in [-0.15, -0.1) is 0 Å². The van der Waals surface area contributed by atoms with Crippen molar-refractivity contribution in [2.24, 2.45) is 0 Å². The maximum absolute atomic E-state index is 13.7. The zero-order valence-electron chi connectivity index (χ0n) is 19.9. The van der Waals surface area contributed by atoms with Crippen molar-refractivity contribution in [2.45, 2.75) is 46.6 Å². The van der Waals surface area contributed by atoms with Crippen molar-refractivity contribution in [3.63, 3.8) is 0 Å². The number of fused-ring (bicyclic) bond motifs is 1. The number of hydrogen-bond donors (Lipinski definition) is 1. The number of carbonyl (C=O) groups excluding carboxylic acids is 1. The van der Waals surface area contributed by atoms with Gasteiger partial charge < -0.3 is 9.88 Å². The van der Waals surface area contributed by atoms with Gasteiger partial charge in [0.05, 0.1) is 6.54 Å². The van der Waals surface area contributed by atoms with Crippen molar-refractivity contribution in [3.05, 3.63) is 111 Å². The molecule has 1 heterocycles. The number of anilines is 1. The van der Waals surface area contributed by atoms with Gasteiger partial charge >= 0.3 is 0 Å². The van der Waals surface area contributed by atoms with Gasteiger partial charge in [-0.05, 0) is 77.7 Å². The largest absolute Gasteiger partial charge is 0.322 e. The highest BCUT2D eigenvalue weighted by Gasteiger charge is 2.21. The molecule has 0 fully saturated rings. The zero-order valence-corrected chi connectivity index (χ0v) is 19.9. The molecule has 33 heavy (non-hydrogen) atoms. The number of aromatic amines is 1. The Hall–Kier alpha value is -3.66. The second-order valence-corrected chi connectivity index (χ2v) is 9.70. The van der Waals surface area contributed by atoms with Gasteiger partial charge in [0.15, 0.2) is 0 Å². The van der Waals surface area contributed by atoms with Crippen molar-refractivity contribution < 1.29 is 4.79 Å². The van der Waals surface area contributed by atoms with Crippen molar-refractivity contribution in [3.8, 4) is 0 Å². The van der Waals surface area contributed by atoms with E-state index in [9.17, 15) is 9.59 Å². The lowest BCUT2D eigenvalue weighted by molar-refractivity contribution is 0.0985.